The van der Waals surface area contributed by atoms with E-state index in [4.69, 9.17) is 17.3 Å². The van der Waals surface area contributed by atoms with Crippen molar-refractivity contribution >= 4 is 12.2 Å². The van der Waals surface area contributed by atoms with Gasteiger partial charge in [-0.15, -0.1) is 5.10 Å². The Bertz CT molecular complexity index is 1240. The van der Waals surface area contributed by atoms with Gasteiger partial charge in [-0.3, -0.25) is 19.4 Å². The van der Waals surface area contributed by atoms with E-state index in [0.29, 0.717) is 11.4 Å². The molecule has 0 aliphatic carbocycles. The highest BCUT2D eigenvalue weighted by atomic mass is 32.1. The topological polar surface area (TPSA) is 42.1 Å². The fourth-order valence-electron chi connectivity index (χ4n) is 4.23. The van der Waals surface area contributed by atoms with Crippen LogP contribution in [0.1, 0.15) is 11.1 Å². The van der Waals surface area contributed by atoms with Crippen molar-refractivity contribution in [1.82, 2.24) is 29.1 Å². The average Bonchev–Trinajstić information content (AvgIpc) is 3.18. The fraction of sp³-hybridized carbons (Fsp3) is 0.269. The third-order valence-corrected chi connectivity index (χ3v) is 6.51. The zero-order valence-electron chi connectivity index (χ0n) is 18.8. The Labute approximate surface area is 199 Å². The summed E-state index contributed by atoms with van der Waals surface area (Å²) < 4.78 is 4.73. The molecule has 0 unspecified atom stereocenters. The smallest absolute Gasteiger partial charge is 0.204 e. The van der Waals surface area contributed by atoms with E-state index in [2.05, 4.69) is 80.9 Å². The van der Waals surface area contributed by atoms with Crippen molar-refractivity contribution in [2.45, 2.75) is 20.1 Å². The van der Waals surface area contributed by atoms with Gasteiger partial charge in [0.1, 0.15) is 0 Å². The lowest BCUT2D eigenvalue weighted by atomic mass is 10.2. The van der Waals surface area contributed by atoms with E-state index in [1.54, 1.807) is 12.4 Å². The zero-order chi connectivity index (χ0) is 22.6. The highest BCUT2D eigenvalue weighted by Gasteiger charge is 2.20. The van der Waals surface area contributed by atoms with Crippen LogP contribution in [0.2, 0.25) is 0 Å². The van der Waals surface area contributed by atoms with Gasteiger partial charge in [0.05, 0.1) is 6.67 Å². The van der Waals surface area contributed by atoms with Crippen molar-refractivity contribution in [2.75, 3.05) is 26.2 Å². The minimum absolute atomic E-state index is 0.689. The Morgan fingerprint density at radius 2 is 1.48 bits per heavy atom. The number of benzene rings is 2. The minimum atomic E-state index is 0.689. The van der Waals surface area contributed by atoms with Crippen LogP contribution in [0, 0.1) is 11.7 Å². The van der Waals surface area contributed by atoms with Crippen molar-refractivity contribution < 1.29 is 0 Å². The van der Waals surface area contributed by atoms with E-state index in [9.17, 15) is 0 Å². The number of aryl methyl sites for hydroxylation is 1. The van der Waals surface area contributed by atoms with Crippen molar-refractivity contribution in [3.8, 4) is 17.1 Å². The Morgan fingerprint density at radius 1 is 0.818 bits per heavy atom. The molecule has 5 rings (SSSR count). The van der Waals surface area contributed by atoms with Gasteiger partial charge in [-0.1, -0.05) is 48.0 Å². The standard InChI is InChI=1S/C26H28N6S/c1-21-7-9-24(10-8-21)32-25(23-11-13-27-14-12-23)28-31(26(32)33)20-30-17-15-29(16-18-30)19-22-5-3-2-4-6-22/h2-14H,15-20H2,1H3. The first-order valence-corrected chi connectivity index (χ1v) is 11.7. The SMILES string of the molecule is Cc1ccc(-n2c(-c3ccncc3)nn(CN3CCN(Cc4ccccc4)CC3)c2=S)cc1. The molecular weight excluding hydrogens is 428 g/mol. The lowest BCUT2D eigenvalue weighted by molar-refractivity contribution is 0.0981. The van der Waals surface area contributed by atoms with Gasteiger partial charge in [-0.05, 0) is 49.0 Å². The summed E-state index contributed by atoms with van der Waals surface area (Å²) in [6.07, 6.45) is 3.59. The Hall–Kier alpha value is -3.13. The molecule has 0 amide bonds. The third kappa shape index (κ3) is 4.95. The Kier molecular flexibility index (Phi) is 6.44. The molecule has 3 heterocycles. The average molecular weight is 457 g/mol. The molecule has 0 atom stereocenters. The van der Waals surface area contributed by atoms with Crippen LogP contribution in [0.3, 0.4) is 0 Å². The summed E-state index contributed by atoms with van der Waals surface area (Å²) in [5.41, 5.74) is 4.61. The molecule has 6 nitrogen and oxygen atoms in total. The number of rotatable bonds is 6. The molecule has 1 aliphatic rings. The maximum absolute atomic E-state index is 5.92. The second-order valence-corrected chi connectivity index (χ2v) is 8.90. The Morgan fingerprint density at radius 3 is 2.18 bits per heavy atom. The quantitative estimate of drug-likeness (QED) is 0.398. The molecule has 2 aromatic carbocycles. The van der Waals surface area contributed by atoms with Crippen molar-refractivity contribution in [3.63, 3.8) is 0 Å². The van der Waals surface area contributed by atoms with E-state index in [1.807, 2.05) is 16.8 Å². The molecule has 0 spiro atoms. The maximum Gasteiger partial charge on any atom is 0.204 e. The second kappa shape index (κ2) is 9.79. The lowest BCUT2D eigenvalue weighted by Crippen LogP contribution is -2.46. The van der Waals surface area contributed by atoms with Crippen molar-refractivity contribution in [1.29, 1.82) is 0 Å². The molecule has 168 valence electrons. The monoisotopic (exact) mass is 456 g/mol. The van der Waals surface area contributed by atoms with E-state index >= 15 is 0 Å². The van der Waals surface area contributed by atoms with Gasteiger partial charge in [-0.25, -0.2) is 4.68 Å². The van der Waals surface area contributed by atoms with Gasteiger partial charge in [0.25, 0.3) is 0 Å². The van der Waals surface area contributed by atoms with Gasteiger partial charge < -0.3 is 0 Å². The number of pyridine rings is 1. The summed E-state index contributed by atoms with van der Waals surface area (Å²) in [7, 11) is 0. The second-order valence-electron chi connectivity index (χ2n) is 8.53. The van der Waals surface area contributed by atoms with Crippen LogP contribution >= 0.6 is 12.2 Å². The number of hydrogen-bond donors (Lipinski definition) is 0. The molecule has 0 bridgehead atoms. The highest BCUT2D eigenvalue weighted by Crippen LogP contribution is 2.23. The first-order chi connectivity index (χ1) is 16.2. The summed E-state index contributed by atoms with van der Waals surface area (Å²) >= 11 is 5.92. The predicted octanol–water partition coefficient (Wildman–Crippen LogP) is 4.55. The van der Waals surface area contributed by atoms with Crippen molar-refractivity contribution in [2.24, 2.45) is 0 Å². The van der Waals surface area contributed by atoms with Gasteiger partial charge >= 0.3 is 0 Å². The third-order valence-electron chi connectivity index (χ3n) is 6.12. The molecule has 0 radical (unpaired) electrons. The van der Waals surface area contributed by atoms with Gasteiger partial charge in [0.2, 0.25) is 4.77 Å². The normalized spacial score (nSPS) is 15.1. The van der Waals surface area contributed by atoms with Crippen molar-refractivity contribution in [3.05, 3.63) is 95.0 Å². The molecule has 4 aromatic rings. The molecule has 1 fully saturated rings. The first kappa shape index (κ1) is 21.7. The summed E-state index contributed by atoms with van der Waals surface area (Å²) in [6, 6.07) is 23.1. The number of piperazine rings is 1. The van der Waals surface area contributed by atoms with Crippen LogP contribution in [0.4, 0.5) is 0 Å². The van der Waals surface area contributed by atoms with Crippen LogP contribution in [0.25, 0.3) is 17.1 Å². The van der Waals surface area contributed by atoms with Crippen LogP contribution in [-0.2, 0) is 13.2 Å². The van der Waals surface area contributed by atoms with E-state index in [-0.39, 0.29) is 0 Å². The van der Waals surface area contributed by atoms with E-state index in [1.165, 1.54) is 11.1 Å². The first-order valence-electron chi connectivity index (χ1n) is 11.3. The minimum Gasteiger partial charge on any atom is -0.297 e. The van der Waals surface area contributed by atoms with Gasteiger partial charge in [-0.2, -0.15) is 0 Å². The molecule has 33 heavy (non-hydrogen) atoms. The molecule has 7 heteroatoms. The van der Waals surface area contributed by atoms with Gasteiger partial charge in [0.15, 0.2) is 5.82 Å². The number of hydrogen-bond acceptors (Lipinski definition) is 5. The molecule has 0 N–H and O–H groups in total. The molecular formula is C26H28N6S. The predicted molar refractivity (Wildman–Crippen MR) is 134 cm³/mol. The number of nitrogens with zero attached hydrogens (tertiary/aromatic N) is 6. The van der Waals surface area contributed by atoms with E-state index < -0.39 is 0 Å². The molecule has 1 aliphatic heterocycles. The summed E-state index contributed by atoms with van der Waals surface area (Å²) in [6.45, 7) is 7.86. The summed E-state index contributed by atoms with van der Waals surface area (Å²) in [4.78, 5) is 9.10. The van der Waals surface area contributed by atoms with Crippen LogP contribution < -0.4 is 0 Å². The largest absolute Gasteiger partial charge is 0.297 e. The molecule has 0 saturated carbocycles. The zero-order valence-corrected chi connectivity index (χ0v) is 19.7. The highest BCUT2D eigenvalue weighted by molar-refractivity contribution is 7.71. The van der Waals surface area contributed by atoms with Gasteiger partial charge in [0, 0.05) is 56.4 Å². The lowest BCUT2D eigenvalue weighted by Gasteiger charge is -2.34. The summed E-state index contributed by atoms with van der Waals surface area (Å²) in [5.74, 6) is 0.842. The van der Waals surface area contributed by atoms with Crippen LogP contribution in [-0.4, -0.2) is 55.3 Å². The van der Waals surface area contributed by atoms with E-state index in [0.717, 1.165) is 49.8 Å². The molecule has 2 aromatic heterocycles. The van der Waals surface area contributed by atoms with Crippen LogP contribution in [0.5, 0.6) is 0 Å². The number of aromatic nitrogens is 4. The summed E-state index contributed by atoms with van der Waals surface area (Å²) in [5, 5.41) is 4.95. The maximum atomic E-state index is 5.92. The molecule has 1 saturated heterocycles. The Balaban J connectivity index is 1.36. The van der Waals surface area contributed by atoms with Crippen LogP contribution in [0.15, 0.2) is 79.1 Å². The fourth-order valence-corrected chi connectivity index (χ4v) is 4.52.